The number of carbonyl (C=O) groups excluding carboxylic acids is 1. The van der Waals surface area contributed by atoms with Crippen LogP contribution in [0.25, 0.3) is 0 Å². The molecule has 4 nitrogen and oxygen atoms in total. The van der Waals surface area contributed by atoms with Gasteiger partial charge in [-0.15, -0.1) is 0 Å². The zero-order valence-electron chi connectivity index (χ0n) is 10.3. The second-order valence-corrected chi connectivity index (χ2v) is 4.82. The Balaban J connectivity index is 2.03. The molecule has 3 rings (SSSR count). The summed E-state index contributed by atoms with van der Waals surface area (Å²) in [6, 6.07) is 5.17. The van der Waals surface area contributed by atoms with E-state index in [1.165, 1.54) is 12.4 Å². The zero-order valence-corrected chi connectivity index (χ0v) is 11.1. The van der Waals surface area contributed by atoms with Gasteiger partial charge in [0, 0.05) is 18.1 Å². The molecule has 0 radical (unpaired) electrons. The molecule has 1 aliphatic heterocycles. The minimum atomic E-state index is -0.151. The Bertz CT molecular complexity index is 670. The molecule has 19 heavy (non-hydrogen) atoms. The lowest BCUT2D eigenvalue weighted by Gasteiger charge is -2.07. The summed E-state index contributed by atoms with van der Waals surface area (Å²) in [5, 5.41) is 0.263. The smallest absolute Gasteiger partial charge is 0.211 e. The van der Waals surface area contributed by atoms with E-state index in [0.29, 0.717) is 17.9 Å². The van der Waals surface area contributed by atoms with Gasteiger partial charge in [-0.1, -0.05) is 11.6 Å². The third kappa shape index (κ3) is 2.19. The van der Waals surface area contributed by atoms with Crippen molar-refractivity contribution in [2.24, 2.45) is 0 Å². The third-order valence-electron chi connectivity index (χ3n) is 3.10. The van der Waals surface area contributed by atoms with E-state index in [9.17, 15) is 4.79 Å². The van der Waals surface area contributed by atoms with E-state index in [4.69, 9.17) is 16.3 Å². The molecule has 2 aromatic rings. The summed E-state index contributed by atoms with van der Waals surface area (Å²) in [6.45, 7) is 2.61. The first-order valence-electron chi connectivity index (χ1n) is 5.94. The molecule has 0 amide bonds. The van der Waals surface area contributed by atoms with Crippen LogP contribution >= 0.6 is 11.6 Å². The van der Waals surface area contributed by atoms with Gasteiger partial charge in [0.1, 0.15) is 22.9 Å². The summed E-state index contributed by atoms with van der Waals surface area (Å²) in [5.74, 6) is 0.749. The molecule has 2 heterocycles. The molecule has 0 saturated carbocycles. The van der Waals surface area contributed by atoms with Crippen molar-refractivity contribution in [1.82, 2.24) is 9.97 Å². The van der Waals surface area contributed by atoms with Gasteiger partial charge < -0.3 is 4.74 Å². The Labute approximate surface area is 115 Å². The van der Waals surface area contributed by atoms with E-state index < -0.39 is 0 Å². The highest BCUT2D eigenvalue weighted by Crippen LogP contribution is 2.31. The van der Waals surface area contributed by atoms with Crippen LogP contribution in [0.4, 0.5) is 0 Å². The fourth-order valence-corrected chi connectivity index (χ4v) is 2.39. The standard InChI is InChI=1S/C14H11ClN2O2/c1-8-4-10(5-9-2-3-19-14(8)9)13(18)11-6-12(15)17-7-16-11/h4-7H,2-3H2,1H3. The molecule has 0 aliphatic carbocycles. The summed E-state index contributed by atoms with van der Waals surface area (Å²) in [5.41, 5.74) is 2.96. The number of aryl methyl sites for hydroxylation is 1. The van der Waals surface area contributed by atoms with Crippen molar-refractivity contribution in [3.8, 4) is 5.75 Å². The van der Waals surface area contributed by atoms with Crippen LogP contribution in [-0.4, -0.2) is 22.4 Å². The minimum Gasteiger partial charge on any atom is -0.493 e. The predicted octanol–water partition coefficient (Wildman–Crippen LogP) is 2.60. The molecule has 1 aromatic heterocycles. The highest BCUT2D eigenvalue weighted by atomic mass is 35.5. The number of ketones is 1. The molecule has 1 aliphatic rings. The minimum absolute atomic E-state index is 0.151. The van der Waals surface area contributed by atoms with E-state index in [1.807, 2.05) is 19.1 Å². The van der Waals surface area contributed by atoms with Gasteiger partial charge in [-0.25, -0.2) is 9.97 Å². The van der Waals surface area contributed by atoms with Gasteiger partial charge in [0.2, 0.25) is 5.78 Å². The Hall–Kier alpha value is -1.94. The number of fused-ring (bicyclic) bond motifs is 1. The molecular weight excluding hydrogens is 264 g/mol. The highest BCUT2D eigenvalue weighted by molar-refractivity contribution is 6.29. The Morgan fingerprint density at radius 3 is 2.95 bits per heavy atom. The van der Waals surface area contributed by atoms with E-state index >= 15 is 0 Å². The molecule has 0 spiro atoms. The van der Waals surface area contributed by atoms with Crippen molar-refractivity contribution < 1.29 is 9.53 Å². The molecule has 0 atom stereocenters. The van der Waals surface area contributed by atoms with Crippen LogP contribution < -0.4 is 4.74 Å². The molecule has 0 saturated heterocycles. The predicted molar refractivity (Wildman–Crippen MR) is 70.9 cm³/mol. The number of ether oxygens (including phenoxy) is 1. The molecule has 0 bridgehead atoms. The number of hydrogen-bond acceptors (Lipinski definition) is 4. The Morgan fingerprint density at radius 2 is 2.16 bits per heavy atom. The van der Waals surface area contributed by atoms with Gasteiger partial charge in [-0.3, -0.25) is 4.79 Å². The van der Waals surface area contributed by atoms with Crippen LogP contribution in [0.1, 0.15) is 27.2 Å². The van der Waals surface area contributed by atoms with E-state index in [0.717, 1.165) is 23.3 Å². The maximum Gasteiger partial charge on any atom is 0.211 e. The topological polar surface area (TPSA) is 52.1 Å². The van der Waals surface area contributed by atoms with Crippen LogP contribution in [0.15, 0.2) is 24.5 Å². The Kier molecular flexibility index (Phi) is 2.95. The van der Waals surface area contributed by atoms with Crippen molar-refractivity contribution in [3.05, 3.63) is 52.1 Å². The van der Waals surface area contributed by atoms with Crippen LogP contribution in [0.5, 0.6) is 5.75 Å². The maximum absolute atomic E-state index is 12.4. The summed E-state index contributed by atoms with van der Waals surface area (Å²) in [4.78, 5) is 20.1. The first kappa shape index (κ1) is 12.1. The van der Waals surface area contributed by atoms with E-state index in [2.05, 4.69) is 9.97 Å². The normalized spacial score (nSPS) is 12.9. The van der Waals surface area contributed by atoms with Crippen LogP contribution in [0.2, 0.25) is 5.15 Å². The van der Waals surface area contributed by atoms with Crippen LogP contribution in [-0.2, 0) is 6.42 Å². The SMILES string of the molecule is Cc1cc(C(=O)c2cc(Cl)ncn2)cc2c1OCC2. The monoisotopic (exact) mass is 274 g/mol. The molecule has 96 valence electrons. The largest absolute Gasteiger partial charge is 0.493 e. The zero-order chi connectivity index (χ0) is 13.4. The number of benzene rings is 1. The Morgan fingerprint density at radius 1 is 1.32 bits per heavy atom. The quantitative estimate of drug-likeness (QED) is 0.624. The molecule has 0 fully saturated rings. The second kappa shape index (κ2) is 4.63. The maximum atomic E-state index is 12.4. The van der Waals surface area contributed by atoms with Crippen LogP contribution in [0, 0.1) is 6.92 Å². The fraction of sp³-hybridized carbons (Fsp3) is 0.214. The summed E-state index contributed by atoms with van der Waals surface area (Å²) >= 11 is 5.78. The number of nitrogens with zero attached hydrogens (tertiary/aromatic N) is 2. The number of carbonyl (C=O) groups is 1. The number of aromatic nitrogens is 2. The second-order valence-electron chi connectivity index (χ2n) is 4.43. The first-order chi connectivity index (χ1) is 9.15. The highest BCUT2D eigenvalue weighted by Gasteiger charge is 2.19. The first-order valence-corrected chi connectivity index (χ1v) is 6.31. The van der Waals surface area contributed by atoms with Gasteiger partial charge >= 0.3 is 0 Å². The average molecular weight is 275 g/mol. The van der Waals surface area contributed by atoms with Crippen molar-refractivity contribution in [3.63, 3.8) is 0 Å². The van der Waals surface area contributed by atoms with Crippen molar-refractivity contribution >= 4 is 17.4 Å². The fourth-order valence-electron chi connectivity index (χ4n) is 2.24. The van der Waals surface area contributed by atoms with Gasteiger partial charge in [-0.05, 0) is 30.2 Å². The number of halogens is 1. The van der Waals surface area contributed by atoms with E-state index in [1.54, 1.807) is 0 Å². The summed E-state index contributed by atoms with van der Waals surface area (Å²) < 4.78 is 5.53. The lowest BCUT2D eigenvalue weighted by atomic mass is 10.00. The average Bonchev–Trinajstić information content (AvgIpc) is 2.86. The molecule has 5 heteroatoms. The summed E-state index contributed by atoms with van der Waals surface area (Å²) in [7, 11) is 0. The van der Waals surface area contributed by atoms with Crippen molar-refractivity contribution in [1.29, 1.82) is 0 Å². The van der Waals surface area contributed by atoms with Gasteiger partial charge in [-0.2, -0.15) is 0 Å². The lowest BCUT2D eigenvalue weighted by Crippen LogP contribution is -2.05. The van der Waals surface area contributed by atoms with Crippen molar-refractivity contribution in [2.75, 3.05) is 6.61 Å². The molecule has 0 unspecified atom stereocenters. The van der Waals surface area contributed by atoms with Gasteiger partial charge in [0.15, 0.2) is 0 Å². The van der Waals surface area contributed by atoms with Crippen LogP contribution in [0.3, 0.4) is 0 Å². The van der Waals surface area contributed by atoms with Crippen molar-refractivity contribution in [2.45, 2.75) is 13.3 Å². The van der Waals surface area contributed by atoms with Gasteiger partial charge in [0.25, 0.3) is 0 Å². The molecule has 0 N–H and O–H groups in total. The molecular formula is C14H11ClN2O2. The number of hydrogen-bond donors (Lipinski definition) is 0. The van der Waals surface area contributed by atoms with E-state index in [-0.39, 0.29) is 10.9 Å². The molecule has 1 aromatic carbocycles. The summed E-state index contributed by atoms with van der Waals surface area (Å²) in [6.07, 6.45) is 2.13. The number of rotatable bonds is 2. The lowest BCUT2D eigenvalue weighted by molar-refractivity contribution is 0.103. The third-order valence-corrected chi connectivity index (χ3v) is 3.30. The van der Waals surface area contributed by atoms with Gasteiger partial charge in [0.05, 0.1) is 6.61 Å².